The molecule has 0 aliphatic rings. The highest BCUT2D eigenvalue weighted by molar-refractivity contribution is 9.10. The van der Waals surface area contributed by atoms with Gasteiger partial charge in [-0.1, -0.05) is 36.4 Å². The van der Waals surface area contributed by atoms with Crippen LogP contribution in [0.3, 0.4) is 0 Å². The number of hydrogen-bond acceptors (Lipinski definition) is 1. The van der Waals surface area contributed by atoms with Gasteiger partial charge >= 0.3 is 0 Å². The number of amides is 1. The minimum atomic E-state index is -0.578. The lowest BCUT2D eigenvalue weighted by Crippen LogP contribution is -2.34. The van der Waals surface area contributed by atoms with Crippen molar-refractivity contribution in [1.82, 2.24) is 0 Å². The Morgan fingerprint density at radius 1 is 1.10 bits per heavy atom. The van der Waals surface area contributed by atoms with Crippen molar-refractivity contribution in [2.24, 2.45) is 0 Å². The Bertz CT molecular complexity index is 620. The van der Waals surface area contributed by atoms with Crippen molar-refractivity contribution in [1.29, 1.82) is 0 Å². The summed E-state index contributed by atoms with van der Waals surface area (Å²) < 4.78 is 0.898. The molecule has 0 unspecified atom stereocenters. The summed E-state index contributed by atoms with van der Waals surface area (Å²) in [6, 6.07) is 15.7. The zero-order valence-corrected chi connectivity index (χ0v) is 13.5. The van der Waals surface area contributed by atoms with Crippen molar-refractivity contribution >= 4 is 27.5 Å². The topological polar surface area (TPSA) is 29.1 Å². The van der Waals surface area contributed by atoms with Crippen LogP contribution in [0.4, 0.5) is 5.69 Å². The van der Waals surface area contributed by atoms with E-state index in [4.69, 9.17) is 0 Å². The van der Waals surface area contributed by atoms with Crippen molar-refractivity contribution in [2.75, 3.05) is 5.32 Å². The van der Waals surface area contributed by atoms with Crippen LogP contribution in [0.1, 0.15) is 25.0 Å². The molecule has 0 heterocycles. The first-order valence-corrected chi connectivity index (χ1v) is 7.33. The Balaban J connectivity index is 2.23. The van der Waals surface area contributed by atoms with E-state index in [1.54, 1.807) is 0 Å². The van der Waals surface area contributed by atoms with Gasteiger partial charge in [-0.3, -0.25) is 4.79 Å². The van der Waals surface area contributed by atoms with E-state index in [0.29, 0.717) is 0 Å². The van der Waals surface area contributed by atoms with E-state index in [2.05, 4.69) is 21.2 Å². The zero-order valence-electron chi connectivity index (χ0n) is 11.9. The lowest BCUT2D eigenvalue weighted by atomic mass is 9.83. The van der Waals surface area contributed by atoms with Crippen LogP contribution in [-0.2, 0) is 10.2 Å². The van der Waals surface area contributed by atoms with Gasteiger partial charge in [-0.2, -0.15) is 0 Å². The Morgan fingerprint density at radius 3 is 2.35 bits per heavy atom. The zero-order chi connectivity index (χ0) is 14.8. The van der Waals surface area contributed by atoms with E-state index >= 15 is 0 Å². The van der Waals surface area contributed by atoms with Crippen molar-refractivity contribution < 1.29 is 4.79 Å². The SMILES string of the molecule is Cc1ccc(NC(=O)C(C)(C)c2ccccc2)c(Br)c1. The molecule has 2 rings (SSSR count). The minimum Gasteiger partial charge on any atom is -0.324 e. The van der Waals surface area contributed by atoms with E-state index in [0.717, 1.165) is 21.3 Å². The van der Waals surface area contributed by atoms with Crippen LogP contribution in [0.2, 0.25) is 0 Å². The van der Waals surface area contributed by atoms with Gasteiger partial charge in [0, 0.05) is 4.47 Å². The molecule has 0 saturated heterocycles. The number of halogens is 1. The number of nitrogens with one attached hydrogen (secondary N) is 1. The van der Waals surface area contributed by atoms with Crippen LogP contribution in [0, 0.1) is 6.92 Å². The Hall–Kier alpha value is -1.61. The highest BCUT2D eigenvalue weighted by atomic mass is 79.9. The first-order valence-electron chi connectivity index (χ1n) is 6.54. The van der Waals surface area contributed by atoms with E-state index in [1.807, 2.05) is 69.3 Å². The van der Waals surface area contributed by atoms with Gasteiger partial charge in [0.2, 0.25) is 5.91 Å². The number of anilines is 1. The monoisotopic (exact) mass is 331 g/mol. The minimum absolute atomic E-state index is 0.0201. The van der Waals surface area contributed by atoms with E-state index in [-0.39, 0.29) is 5.91 Å². The molecule has 3 heteroatoms. The Morgan fingerprint density at radius 2 is 1.75 bits per heavy atom. The summed E-state index contributed by atoms with van der Waals surface area (Å²) in [6.45, 7) is 5.88. The molecule has 0 aromatic heterocycles. The summed E-state index contributed by atoms with van der Waals surface area (Å²) >= 11 is 3.48. The molecule has 0 aliphatic carbocycles. The standard InChI is InChI=1S/C17H18BrNO/c1-12-9-10-15(14(18)11-12)19-16(20)17(2,3)13-7-5-4-6-8-13/h4-11H,1-3H3,(H,19,20). The smallest absolute Gasteiger partial charge is 0.234 e. The molecule has 0 fully saturated rings. The molecular formula is C17H18BrNO. The molecule has 0 spiro atoms. The highest BCUT2D eigenvalue weighted by Gasteiger charge is 2.29. The maximum Gasteiger partial charge on any atom is 0.234 e. The summed E-state index contributed by atoms with van der Waals surface area (Å²) in [4.78, 5) is 12.5. The van der Waals surface area contributed by atoms with Gasteiger partial charge in [-0.25, -0.2) is 0 Å². The fraction of sp³-hybridized carbons (Fsp3) is 0.235. The van der Waals surface area contributed by atoms with Gasteiger partial charge < -0.3 is 5.32 Å². The largest absolute Gasteiger partial charge is 0.324 e. The first-order chi connectivity index (χ1) is 9.41. The van der Waals surface area contributed by atoms with Gasteiger partial charge in [-0.15, -0.1) is 0 Å². The molecule has 1 amide bonds. The van der Waals surface area contributed by atoms with Gasteiger partial charge in [0.15, 0.2) is 0 Å². The Kier molecular flexibility index (Phi) is 4.29. The summed E-state index contributed by atoms with van der Waals surface area (Å²) in [6.07, 6.45) is 0. The third-order valence-corrected chi connectivity index (χ3v) is 4.09. The van der Waals surface area contributed by atoms with Crippen LogP contribution in [-0.4, -0.2) is 5.91 Å². The van der Waals surface area contributed by atoms with Crippen LogP contribution in [0.5, 0.6) is 0 Å². The summed E-state index contributed by atoms with van der Waals surface area (Å²) in [7, 11) is 0. The molecule has 20 heavy (non-hydrogen) atoms. The number of benzene rings is 2. The average molecular weight is 332 g/mol. The fourth-order valence-electron chi connectivity index (χ4n) is 1.99. The quantitative estimate of drug-likeness (QED) is 0.869. The molecule has 104 valence electrons. The van der Waals surface area contributed by atoms with Gasteiger partial charge in [0.05, 0.1) is 11.1 Å². The maximum atomic E-state index is 12.5. The predicted octanol–water partition coefficient (Wildman–Crippen LogP) is 4.67. The van der Waals surface area contributed by atoms with Crippen molar-refractivity contribution in [2.45, 2.75) is 26.2 Å². The number of carbonyl (C=O) groups excluding carboxylic acids is 1. The van der Waals surface area contributed by atoms with Crippen LogP contribution >= 0.6 is 15.9 Å². The molecule has 0 radical (unpaired) electrons. The average Bonchev–Trinajstić information content (AvgIpc) is 2.42. The summed E-state index contributed by atoms with van der Waals surface area (Å²) in [5, 5.41) is 2.99. The molecule has 1 N–H and O–H groups in total. The third-order valence-electron chi connectivity index (χ3n) is 3.44. The van der Waals surface area contributed by atoms with Gasteiger partial charge in [-0.05, 0) is 60.0 Å². The molecule has 2 nitrogen and oxygen atoms in total. The van der Waals surface area contributed by atoms with E-state index < -0.39 is 5.41 Å². The third kappa shape index (κ3) is 3.10. The normalized spacial score (nSPS) is 11.2. The van der Waals surface area contributed by atoms with Crippen LogP contribution < -0.4 is 5.32 Å². The van der Waals surface area contributed by atoms with Crippen LogP contribution in [0.25, 0.3) is 0 Å². The van der Waals surface area contributed by atoms with Crippen molar-refractivity contribution in [3.63, 3.8) is 0 Å². The summed E-state index contributed by atoms with van der Waals surface area (Å²) in [5.74, 6) is -0.0201. The highest BCUT2D eigenvalue weighted by Crippen LogP contribution is 2.28. The lowest BCUT2D eigenvalue weighted by Gasteiger charge is -2.24. The fourth-order valence-corrected chi connectivity index (χ4v) is 2.58. The van der Waals surface area contributed by atoms with E-state index in [1.165, 1.54) is 0 Å². The second kappa shape index (κ2) is 5.80. The van der Waals surface area contributed by atoms with Crippen molar-refractivity contribution in [3.8, 4) is 0 Å². The van der Waals surface area contributed by atoms with Gasteiger partial charge in [0.25, 0.3) is 0 Å². The maximum absolute atomic E-state index is 12.5. The molecule has 0 saturated carbocycles. The second-order valence-corrected chi connectivity index (χ2v) is 6.28. The molecule has 2 aromatic rings. The predicted molar refractivity (Wildman–Crippen MR) is 87.0 cm³/mol. The number of aryl methyl sites for hydroxylation is 1. The van der Waals surface area contributed by atoms with Gasteiger partial charge in [0.1, 0.15) is 0 Å². The molecule has 2 aromatic carbocycles. The van der Waals surface area contributed by atoms with E-state index in [9.17, 15) is 4.79 Å². The first kappa shape index (κ1) is 14.8. The molecule has 0 atom stereocenters. The lowest BCUT2D eigenvalue weighted by molar-refractivity contribution is -0.120. The number of hydrogen-bond donors (Lipinski definition) is 1. The molecule has 0 bridgehead atoms. The molecular weight excluding hydrogens is 314 g/mol. The number of carbonyl (C=O) groups is 1. The van der Waals surface area contributed by atoms with Crippen LogP contribution in [0.15, 0.2) is 53.0 Å². The van der Waals surface area contributed by atoms with Crippen molar-refractivity contribution in [3.05, 3.63) is 64.1 Å². The molecule has 0 aliphatic heterocycles. The summed E-state index contributed by atoms with van der Waals surface area (Å²) in [5.41, 5.74) is 2.37. The Labute approximate surface area is 128 Å². The number of rotatable bonds is 3. The second-order valence-electron chi connectivity index (χ2n) is 5.43.